The van der Waals surface area contributed by atoms with Crippen molar-refractivity contribution in [2.45, 2.75) is 39.8 Å². The largest absolute Gasteiger partial charge is 0.382 e. The van der Waals surface area contributed by atoms with Gasteiger partial charge in [-0.05, 0) is 27.7 Å². The van der Waals surface area contributed by atoms with Gasteiger partial charge in [0.05, 0.1) is 12.0 Å². The zero-order chi connectivity index (χ0) is 17.6. The van der Waals surface area contributed by atoms with Gasteiger partial charge in [0.2, 0.25) is 0 Å². The van der Waals surface area contributed by atoms with Crippen molar-refractivity contribution in [2.24, 2.45) is 0 Å². The van der Waals surface area contributed by atoms with Crippen LogP contribution >= 0.6 is 0 Å². The SMILES string of the molecule is CC(C)n1c(-c2nc(N)c3ncn(C(C)C)c3n2)cc(=O)[nH]c1=O. The van der Waals surface area contributed by atoms with Crippen LogP contribution in [0.3, 0.4) is 0 Å². The molecule has 0 aliphatic heterocycles. The standard InChI is InChI=1S/C15H19N7O2/c1-7(2)21-6-17-11-12(16)19-13(20-14(11)21)9-5-10(23)18-15(24)22(9)8(3)4/h5-8H,1-4H3,(H2,16,19,20)(H,18,23,24). The first-order chi connectivity index (χ1) is 11.3. The number of aromatic nitrogens is 6. The molecule has 0 fully saturated rings. The van der Waals surface area contributed by atoms with Crippen molar-refractivity contribution in [1.29, 1.82) is 0 Å². The Labute approximate surface area is 137 Å². The Morgan fingerprint density at radius 1 is 1.12 bits per heavy atom. The van der Waals surface area contributed by atoms with E-state index in [4.69, 9.17) is 5.73 Å². The van der Waals surface area contributed by atoms with Crippen molar-refractivity contribution in [3.63, 3.8) is 0 Å². The Kier molecular flexibility index (Phi) is 3.70. The first-order valence-corrected chi connectivity index (χ1v) is 7.66. The molecule has 24 heavy (non-hydrogen) atoms. The summed E-state index contributed by atoms with van der Waals surface area (Å²) in [5.74, 6) is 0.428. The Hall–Kier alpha value is -2.97. The van der Waals surface area contributed by atoms with Gasteiger partial charge in [0.25, 0.3) is 5.56 Å². The molecule has 3 aromatic rings. The summed E-state index contributed by atoms with van der Waals surface area (Å²) in [5.41, 5.74) is 6.38. The molecule has 3 rings (SSSR count). The molecule has 0 saturated heterocycles. The fourth-order valence-electron chi connectivity index (χ4n) is 2.62. The number of rotatable bonds is 3. The van der Waals surface area contributed by atoms with Gasteiger partial charge in [-0.25, -0.2) is 19.7 Å². The number of nitrogens with two attached hydrogens (primary N) is 1. The lowest BCUT2D eigenvalue weighted by Gasteiger charge is -2.15. The van der Waals surface area contributed by atoms with Crippen LogP contribution in [0.15, 0.2) is 22.0 Å². The quantitative estimate of drug-likeness (QED) is 0.741. The second-order valence-corrected chi connectivity index (χ2v) is 6.14. The number of nitrogens with one attached hydrogen (secondary N) is 1. The van der Waals surface area contributed by atoms with Gasteiger partial charge in [0.15, 0.2) is 17.3 Å². The molecule has 0 spiro atoms. The highest BCUT2D eigenvalue weighted by Gasteiger charge is 2.18. The summed E-state index contributed by atoms with van der Waals surface area (Å²) in [4.78, 5) is 39.2. The average molecular weight is 329 g/mol. The molecule has 3 heterocycles. The van der Waals surface area contributed by atoms with Gasteiger partial charge >= 0.3 is 5.69 Å². The van der Waals surface area contributed by atoms with Crippen molar-refractivity contribution in [3.8, 4) is 11.5 Å². The number of nitrogen functional groups attached to an aromatic ring is 1. The van der Waals surface area contributed by atoms with E-state index >= 15 is 0 Å². The fraction of sp³-hybridized carbons (Fsp3) is 0.400. The van der Waals surface area contributed by atoms with E-state index in [1.54, 1.807) is 6.33 Å². The van der Waals surface area contributed by atoms with Crippen LogP contribution in [0.25, 0.3) is 22.7 Å². The Bertz CT molecular complexity index is 1030. The average Bonchev–Trinajstić information content (AvgIpc) is 2.90. The van der Waals surface area contributed by atoms with E-state index in [9.17, 15) is 9.59 Å². The minimum absolute atomic E-state index is 0.128. The van der Waals surface area contributed by atoms with Gasteiger partial charge < -0.3 is 10.3 Å². The summed E-state index contributed by atoms with van der Waals surface area (Å²) < 4.78 is 3.29. The molecule has 0 radical (unpaired) electrons. The molecule has 3 aromatic heterocycles. The van der Waals surface area contributed by atoms with Crippen LogP contribution in [0.4, 0.5) is 5.82 Å². The van der Waals surface area contributed by atoms with Crippen molar-refractivity contribution in [3.05, 3.63) is 33.2 Å². The molecule has 9 nitrogen and oxygen atoms in total. The first kappa shape index (κ1) is 15.9. The van der Waals surface area contributed by atoms with Gasteiger partial charge in [-0.3, -0.25) is 14.3 Å². The third-order valence-corrected chi connectivity index (χ3v) is 3.73. The molecule has 0 aromatic carbocycles. The maximum atomic E-state index is 12.2. The molecule has 9 heteroatoms. The lowest BCUT2D eigenvalue weighted by molar-refractivity contribution is 0.565. The van der Waals surface area contributed by atoms with Crippen molar-refractivity contribution < 1.29 is 0 Å². The number of H-pyrrole nitrogens is 1. The van der Waals surface area contributed by atoms with Crippen LogP contribution < -0.4 is 17.0 Å². The van der Waals surface area contributed by atoms with Crippen LogP contribution in [0, 0.1) is 0 Å². The summed E-state index contributed by atoms with van der Waals surface area (Å²) in [7, 11) is 0. The summed E-state index contributed by atoms with van der Waals surface area (Å²) in [6.45, 7) is 7.67. The molecule has 3 N–H and O–H groups in total. The fourth-order valence-corrected chi connectivity index (χ4v) is 2.62. The second-order valence-electron chi connectivity index (χ2n) is 6.14. The number of anilines is 1. The Morgan fingerprint density at radius 3 is 2.46 bits per heavy atom. The monoisotopic (exact) mass is 329 g/mol. The summed E-state index contributed by atoms with van der Waals surface area (Å²) in [5, 5.41) is 0. The molecule has 0 amide bonds. The molecule has 126 valence electrons. The van der Waals surface area contributed by atoms with Crippen LogP contribution in [-0.4, -0.2) is 29.1 Å². The van der Waals surface area contributed by atoms with E-state index in [0.29, 0.717) is 16.9 Å². The Morgan fingerprint density at radius 2 is 1.83 bits per heavy atom. The third-order valence-electron chi connectivity index (χ3n) is 3.73. The lowest BCUT2D eigenvalue weighted by atomic mass is 10.3. The van der Waals surface area contributed by atoms with E-state index in [1.165, 1.54) is 10.6 Å². The number of hydrogen-bond donors (Lipinski definition) is 2. The van der Waals surface area contributed by atoms with Crippen LogP contribution in [-0.2, 0) is 0 Å². The van der Waals surface area contributed by atoms with Crippen LogP contribution in [0.5, 0.6) is 0 Å². The van der Waals surface area contributed by atoms with E-state index in [-0.39, 0.29) is 23.7 Å². The number of fused-ring (bicyclic) bond motifs is 1. The third kappa shape index (κ3) is 2.47. The zero-order valence-corrected chi connectivity index (χ0v) is 13.9. The molecule has 0 aliphatic rings. The van der Waals surface area contributed by atoms with Gasteiger partial charge in [0, 0.05) is 18.2 Å². The van der Waals surface area contributed by atoms with E-state index in [1.807, 2.05) is 32.3 Å². The maximum Gasteiger partial charge on any atom is 0.329 e. The molecule has 0 atom stereocenters. The minimum atomic E-state index is -0.508. The normalized spacial score (nSPS) is 11.8. The van der Waals surface area contributed by atoms with E-state index in [2.05, 4.69) is 19.9 Å². The summed E-state index contributed by atoms with van der Waals surface area (Å²) in [6, 6.07) is 1.25. The number of aromatic amines is 1. The smallest absolute Gasteiger partial charge is 0.329 e. The van der Waals surface area contributed by atoms with Gasteiger partial charge in [-0.15, -0.1) is 0 Å². The van der Waals surface area contributed by atoms with Crippen LogP contribution in [0.1, 0.15) is 39.8 Å². The first-order valence-electron chi connectivity index (χ1n) is 7.66. The van der Waals surface area contributed by atoms with Gasteiger partial charge in [-0.2, -0.15) is 0 Å². The topological polar surface area (TPSA) is 124 Å². The highest BCUT2D eigenvalue weighted by atomic mass is 16.2. The molecular weight excluding hydrogens is 310 g/mol. The summed E-state index contributed by atoms with van der Waals surface area (Å²) in [6.07, 6.45) is 1.65. The van der Waals surface area contributed by atoms with Crippen LogP contribution in [0.2, 0.25) is 0 Å². The van der Waals surface area contributed by atoms with Gasteiger partial charge in [0.1, 0.15) is 5.52 Å². The van der Waals surface area contributed by atoms with Crippen molar-refractivity contribution in [1.82, 2.24) is 29.1 Å². The number of hydrogen-bond acceptors (Lipinski definition) is 6. The number of nitrogens with zero attached hydrogens (tertiary/aromatic N) is 5. The molecule has 0 unspecified atom stereocenters. The molecule has 0 saturated carbocycles. The predicted molar refractivity (Wildman–Crippen MR) is 90.8 cm³/mol. The molecule has 0 bridgehead atoms. The van der Waals surface area contributed by atoms with E-state index in [0.717, 1.165) is 0 Å². The highest BCUT2D eigenvalue weighted by molar-refractivity contribution is 5.83. The summed E-state index contributed by atoms with van der Waals surface area (Å²) >= 11 is 0. The molecule has 0 aliphatic carbocycles. The number of imidazole rings is 1. The maximum absolute atomic E-state index is 12.2. The predicted octanol–water partition coefficient (Wildman–Crippen LogP) is 1.09. The highest BCUT2D eigenvalue weighted by Crippen LogP contribution is 2.24. The van der Waals surface area contributed by atoms with E-state index < -0.39 is 11.2 Å². The van der Waals surface area contributed by atoms with Gasteiger partial charge in [-0.1, -0.05) is 0 Å². The zero-order valence-electron chi connectivity index (χ0n) is 13.9. The van der Waals surface area contributed by atoms with Crippen molar-refractivity contribution in [2.75, 3.05) is 5.73 Å². The minimum Gasteiger partial charge on any atom is -0.382 e. The van der Waals surface area contributed by atoms with Crippen molar-refractivity contribution >= 4 is 17.0 Å². The molecular formula is C15H19N7O2. The lowest BCUT2D eigenvalue weighted by Crippen LogP contribution is -2.32. The second kappa shape index (κ2) is 5.59. The Balaban J connectivity index is 2.37.